The van der Waals surface area contributed by atoms with Crippen molar-refractivity contribution in [1.29, 1.82) is 0 Å². The van der Waals surface area contributed by atoms with Crippen LogP contribution in [0.5, 0.6) is 0 Å². The molecule has 32 heavy (non-hydrogen) atoms. The van der Waals surface area contributed by atoms with Crippen molar-refractivity contribution in [1.82, 2.24) is 14.1 Å². The fourth-order valence-corrected chi connectivity index (χ4v) is 6.62. The average Bonchev–Trinajstić information content (AvgIpc) is 2.83. The summed E-state index contributed by atoms with van der Waals surface area (Å²) in [7, 11) is -3.49. The minimum absolute atomic E-state index is 0.130. The molecule has 1 saturated heterocycles. The fraction of sp³-hybridized carbons (Fsp3) is 0.480. The van der Waals surface area contributed by atoms with E-state index in [0.29, 0.717) is 44.2 Å². The van der Waals surface area contributed by atoms with Crippen molar-refractivity contribution in [2.24, 2.45) is 0 Å². The molecule has 6 nitrogen and oxygen atoms in total. The van der Waals surface area contributed by atoms with Crippen molar-refractivity contribution >= 4 is 15.9 Å². The Labute approximate surface area is 190 Å². The molecule has 0 aromatic heterocycles. The lowest BCUT2D eigenvalue weighted by Crippen LogP contribution is -2.51. The second-order valence-corrected chi connectivity index (χ2v) is 11.1. The number of nitrogens with zero attached hydrogens (tertiary/aromatic N) is 3. The van der Waals surface area contributed by atoms with Crippen molar-refractivity contribution in [2.45, 2.75) is 43.5 Å². The normalized spacial score (nSPS) is 19.9. The summed E-state index contributed by atoms with van der Waals surface area (Å²) in [4.78, 5) is 17.3. The van der Waals surface area contributed by atoms with Gasteiger partial charge in [-0.1, -0.05) is 30.3 Å². The third-order valence-electron chi connectivity index (χ3n) is 7.13. The van der Waals surface area contributed by atoms with Gasteiger partial charge in [-0.05, 0) is 66.5 Å². The number of benzene rings is 2. The highest BCUT2D eigenvalue weighted by Crippen LogP contribution is 2.26. The monoisotopic (exact) mass is 453 g/mol. The molecule has 1 amide bonds. The Balaban J connectivity index is 1.18. The van der Waals surface area contributed by atoms with Crippen LogP contribution in [0.4, 0.5) is 0 Å². The lowest BCUT2D eigenvalue weighted by Gasteiger charge is -2.36. The lowest BCUT2D eigenvalue weighted by molar-refractivity contribution is -0.133. The highest BCUT2D eigenvalue weighted by atomic mass is 32.2. The maximum Gasteiger partial charge on any atom is 0.243 e. The maximum absolute atomic E-state index is 13.2. The summed E-state index contributed by atoms with van der Waals surface area (Å²) >= 11 is 0. The van der Waals surface area contributed by atoms with Crippen LogP contribution in [0, 0.1) is 0 Å². The Bertz CT molecular complexity index is 1110. The predicted octanol–water partition coefficient (Wildman–Crippen LogP) is 2.46. The average molecular weight is 454 g/mol. The number of rotatable bonds is 4. The summed E-state index contributed by atoms with van der Waals surface area (Å²) < 4.78 is 28.0. The van der Waals surface area contributed by atoms with Crippen molar-refractivity contribution in [3.8, 4) is 0 Å². The topological polar surface area (TPSA) is 60.9 Å². The van der Waals surface area contributed by atoms with Gasteiger partial charge in [0.25, 0.3) is 0 Å². The molecule has 170 valence electrons. The highest BCUT2D eigenvalue weighted by Gasteiger charge is 2.31. The van der Waals surface area contributed by atoms with Gasteiger partial charge in [0.2, 0.25) is 15.9 Å². The van der Waals surface area contributed by atoms with E-state index in [-0.39, 0.29) is 5.91 Å². The SMILES string of the molecule is O=C(CN1CCN(S(=O)(=O)c2ccc3c(c2)CCCC3)CC1)N1CCc2ccccc2C1. The lowest BCUT2D eigenvalue weighted by atomic mass is 9.92. The molecule has 5 rings (SSSR count). The first-order chi connectivity index (χ1) is 15.5. The third kappa shape index (κ3) is 4.34. The minimum Gasteiger partial charge on any atom is -0.337 e. The van der Waals surface area contributed by atoms with Gasteiger partial charge in [0.05, 0.1) is 11.4 Å². The van der Waals surface area contributed by atoms with Gasteiger partial charge in [-0.25, -0.2) is 8.42 Å². The number of carbonyl (C=O) groups is 1. The summed E-state index contributed by atoms with van der Waals surface area (Å²) in [6, 6.07) is 14.0. The molecule has 0 spiro atoms. The van der Waals surface area contributed by atoms with Gasteiger partial charge in [-0.15, -0.1) is 0 Å². The number of hydrogen-bond acceptors (Lipinski definition) is 4. The van der Waals surface area contributed by atoms with Crippen molar-refractivity contribution in [2.75, 3.05) is 39.3 Å². The van der Waals surface area contributed by atoms with Crippen molar-refractivity contribution < 1.29 is 13.2 Å². The smallest absolute Gasteiger partial charge is 0.243 e. The first-order valence-corrected chi connectivity index (χ1v) is 13.1. The van der Waals surface area contributed by atoms with Crippen LogP contribution in [0.2, 0.25) is 0 Å². The van der Waals surface area contributed by atoms with Crippen molar-refractivity contribution in [3.05, 3.63) is 64.7 Å². The molecule has 0 N–H and O–H groups in total. The van der Waals surface area contributed by atoms with Crippen LogP contribution in [0.15, 0.2) is 47.4 Å². The van der Waals surface area contributed by atoms with E-state index in [1.165, 1.54) is 28.7 Å². The zero-order valence-electron chi connectivity index (χ0n) is 18.5. The molecule has 1 fully saturated rings. The summed E-state index contributed by atoms with van der Waals surface area (Å²) in [6.45, 7) is 3.80. The summed E-state index contributed by atoms with van der Waals surface area (Å²) in [6.07, 6.45) is 5.23. The van der Waals surface area contributed by atoms with Crippen LogP contribution in [0.1, 0.15) is 35.1 Å². The Morgan fingerprint density at radius 2 is 1.47 bits per heavy atom. The van der Waals surface area contributed by atoms with Crippen molar-refractivity contribution in [3.63, 3.8) is 0 Å². The van der Waals surface area contributed by atoms with Gasteiger partial charge in [0.15, 0.2) is 0 Å². The molecule has 2 aromatic carbocycles. The molecule has 2 aromatic rings. The van der Waals surface area contributed by atoms with E-state index in [0.717, 1.165) is 32.2 Å². The van der Waals surface area contributed by atoms with E-state index in [1.54, 1.807) is 10.4 Å². The molecular weight excluding hydrogens is 422 g/mol. The van der Waals surface area contributed by atoms with E-state index in [1.807, 2.05) is 29.2 Å². The zero-order valence-corrected chi connectivity index (χ0v) is 19.3. The van der Waals surface area contributed by atoms with Gasteiger partial charge < -0.3 is 4.90 Å². The molecule has 0 radical (unpaired) electrons. The first kappa shape index (κ1) is 21.6. The first-order valence-electron chi connectivity index (χ1n) is 11.7. The van der Waals surface area contributed by atoms with Gasteiger partial charge in [-0.2, -0.15) is 4.31 Å². The number of carbonyl (C=O) groups excluding carboxylic acids is 1. The largest absolute Gasteiger partial charge is 0.337 e. The second kappa shape index (κ2) is 8.96. The summed E-state index contributed by atoms with van der Waals surface area (Å²) in [5.74, 6) is 0.130. The molecule has 7 heteroatoms. The van der Waals surface area contributed by atoms with Gasteiger partial charge >= 0.3 is 0 Å². The fourth-order valence-electron chi connectivity index (χ4n) is 5.15. The molecule has 0 saturated carbocycles. The maximum atomic E-state index is 13.2. The number of fused-ring (bicyclic) bond motifs is 2. The predicted molar refractivity (Wildman–Crippen MR) is 124 cm³/mol. The highest BCUT2D eigenvalue weighted by molar-refractivity contribution is 7.89. The van der Waals surface area contributed by atoms with E-state index in [2.05, 4.69) is 17.0 Å². The Hall–Kier alpha value is -2.22. The molecule has 3 aliphatic rings. The molecule has 0 bridgehead atoms. The molecule has 0 atom stereocenters. The molecular formula is C25H31N3O3S. The quantitative estimate of drug-likeness (QED) is 0.714. The molecule has 1 aliphatic carbocycles. The van der Waals surface area contributed by atoms with Crippen LogP contribution in [0.25, 0.3) is 0 Å². The standard InChI is InChI=1S/C25H31N3O3S/c29-25(27-12-11-21-6-2-4-8-23(21)18-27)19-26-13-15-28(16-14-26)32(30,31)24-10-9-20-5-1-3-7-22(20)17-24/h2,4,6,8-10,17H,1,3,5,7,11-16,18-19H2. The summed E-state index contributed by atoms with van der Waals surface area (Å²) in [5, 5.41) is 0. The molecule has 2 heterocycles. The molecule has 0 unspecified atom stereocenters. The number of piperazine rings is 1. The second-order valence-electron chi connectivity index (χ2n) is 9.15. The number of aryl methyl sites for hydroxylation is 2. The third-order valence-corrected chi connectivity index (χ3v) is 9.03. The van der Waals surface area contributed by atoms with E-state index >= 15 is 0 Å². The van der Waals surface area contributed by atoms with Gasteiger partial charge in [0, 0.05) is 39.3 Å². The Morgan fingerprint density at radius 3 is 2.25 bits per heavy atom. The van der Waals surface area contributed by atoms with Crippen LogP contribution < -0.4 is 0 Å². The van der Waals surface area contributed by atoms with Crippen LogP contribution in [0.3, 0.4) is 0 Å². The Kier molecular flexibility index (Phi) is 6.05. The zero-order chi connectivity index (χ0) is 22.1. The van der Waals surface area contributed by atoms with E-state index < -0.39 is 10.0 Å². The van der Waals surface area contributed by atoms with Crippen LogP contribution in [-0.4, -0.2) is 67.7 Å². The number of amides is 1. The van der Waals surface area contributed by atoms with Crippen LogP contribution >= 0.6 is 0 Å². The Morgan fingerprint density at radius 1 is 0.781 bits per heavy atom. The molecule has 2 aliphatic heterocycles. The van der Waals surface area contributed by atoms with Crippen LogP contribution in [-0.2, 0) is 40.6 Å². The minimum atomic E-state index is -3.49. The van der Waals surface area contributed by atoms with E-state index in [9.17, 15) is 13.2 Å². The van der Waals surface area contributed by atoms with Gasteiger partial charge in [0.1, 0.15) is 0 Å². The van der Waals surface area contributed by atoms with E-state index in [4.69, 9.17) is 0 Å². The number of sulfonamides is 1. The summed E-state index contributed by atoms with van der Waals surface area (Å²) in [5.41, 5.74) is 5.04. The number of hydrogen-bond donors (Lipinski definition) is 0. The van der Waals surface area contributed by atoms with Gasteiger partial charge in [-0.3, -0.25) is 9.69 Å².